The molecule has 0 radical (unpaired) electrons. The summed E-state index contributed by atoms with van der Waals surface area (Å²) in [7, 11) is 3.28. The van der Waals surface area contributed by atoms with Gasteiger partial charge in [-0.3, -0.25) is 4.79 Å². The van der Waals surface area contributed by atoms with E-state index in [1.807, 2.05) is 23.1 Å². The maximum atomic E-state index is 12.7. The van der Waals surface area contributed by atoms with Crippen LogP contribution in [0.25, 0.3) is 0 Å². The molecule has 0 unspecified atom stereocenters. The minimum Gasteiger partial charge on any atom is -0.493 e. The summed E-state index contributed by atoms with van der Waals surface area (Å²) in [4.78, 5) is 14.7. The van der Waals surface area contributed by atoms with Crippen LogP contribution in [0.5, 0.6) is 11.5 Å². The van der Waals surface area contributed by atoms with Gasteiger partial charge in [-0.05, 0) is 60.2 Å². The quantitative estimate of drug-likeness (QED) is 0.856. The van der Waals surface area contributed by atoms with Crippen LogP contribution >= 0.6 is 0 Å². The second-order valence-corrected chi connectivity index (χ2v) is 6.64. The smallest absolute Gasteiger partial charge is 0.227 e. The van der Waals surface area contributed by atoms with Gasteiger partial charge < -0.3 is 14.4 Å². The summed E-state index contributed by atoms with van der Waals surface area (Å²) >= 11 is 0. The largest absolute Gasteiger partial charge is 0.493 e. The summed E-state index contributed by atoms with van der Waals surface area (Å²) in [6.07, 6.45) is 1.29. The van der Waals surface area contributed by atoms with Crippen LogP contribution in [0, 0.1) is 13.8 Å². The van der Waals surface area contributed by atoms with Crippen molar-refractivity contribution in [1.29, 1.82) is 0 Å². The Morgan fingerprint density at radius 3 is 2.32 bits per heavy atom. The summed E-state index contributed by atoms with van der Waals surface area (Å²) in [5.74, 6) is 1.63. The first-order valence-electron chi connectivity index (χ1n) is 8.59. The number of aryl methyl sites for hydroxylation is 2. The molecule has 1 amide bonds. The molecule has 0 saturated heterocycles. The van der Waals surface area contributed by atoms with Crippen molar-refractivity contribution in [2.45, 2.75) is 33.2 Å². The summed E-state index contributed by atoms with van der Waals surface area (Å²) in [5.41, 5.74) is 5.92. The Hall–Kier alpha value is -2.49. The van der Waals surface area contributed by atoms with Crippen molar-refractivity contribution in [3.8, 4) is 11.5 Å². The van der Waals surface area contributed by atoms with Crippen LogP contribution in [0.4, 0.5) is 0 Å². The van der Waals surface area contributed by atoms with Gasteiger partial charge in [0.25, 0.3) is 0 Å². The summed E-state index contributed by atoms with van der Waals surface area (Å²) in [6, 6.07) is 10.3. The van der Waals surface area contributed by atoms with Gasteiger partial charge in [-0.15, -0.1) is 0 Å². The molecule has 4 nitrogen and oxygen atoms in total. The van der Waals surface area contributed by atoms with Crippen LogP contribution in [0.2, 0.25) is 0 Å². The molecule has 2 aromatic rings. The van der Waals surface area contributed by atoms with Gasteiger partial charge in [0.05, 0.1) is 20.6 Å². The highest BCUT2D eigenvalue weighted by atomic mass is 16.5. The topological polar surface area (TPSA) is 38.8 Å². The van der Waals surface area contributed by atoms with Crippen LogP contribution in [0.1, 0.15) is 27.8 Å². The van der Waals surface area contributed by atoms with E-state index in [2.05, 4.69) is 26.0 Å². The molecule has 0 aliphatic carbocycles. The van der Waals surface area contributed by atoms with Crippen LogP contribution < -0.4 is 9.47 Å². The van der Waals surface area contributed by atoms with Crippen molar-refractivity contribution in [1.82, 2.24) is 4.90 Å². The molecule has 0 N–H and O–H groups in total. The normalized spacial score (nSPS) is 13.4. The molecule has 3 rings (SSSR count). The summed E-state index contributed by atoms with van der Waals surface area (Å²) < 4.78 is 10.8. The average molecular weight is 339 g/mol. The Kier molecular flexibility index (Phi) is 4.98. The predicted molar refractivity (Wildman–Crippen MR) is 98.3 cm³/mol. The average Bonchev–Trinajstić information content (AvgIpc) is 2.63. The number of hydrogen-bond acceptors (Lipinski definition) is 3. The number of methoxy groups -OCH3 is 2. The van der Waals surface area contributed by atoms with Gasteiger partial charge in [-0.1, -0.05) is 18.2 Å². The highest BCUT2D eigenvalue weighted by molar-refractivity contribution is 5.79. The molecule has 0 atom stereocenters. The fourth-order valence-electron chi connectivity index (χ4n) is 3.30. The van der Waals surface area contributed by atoms with Crippen LogP contribution in [-0.4, -0.2) is 31.6 Å². The van der Waals surface area contributed by atoms with Crippen LogP contribution in [0.15, 0.2) is 30.3 Å². The van der Waals surface area contributed by atoms with Crippen molar-refractivity contribution < 1.29 is 14.3 Å². The van der Waals surface area contributed by atoms with Crippen LogP contribution in [-0.2, 0) is 24.2 Å². The van der Waals surface area contributed by atoms with E-state index in [1.165, 1.54) is 16.7 Å². The number of benzene rings is 2. The van der Waals surface area contributed by atoms with E-state index < -0.39 is 0 Å². The number of ether oxygens (including phenoxy) is 2. The Bertz CT molecular complexity index is 798. The molecule has 0 spiro atoms. The number of fused-ring (bicyclic) bond motifs is 1. The number of nitrogens with zero attached hydrogens (tertiary/aromatic N) is 1. The molecular formula is C21H25NO3. The van der Waals surface area contributed by atoms with Gasteiger partial charge >= 0.3 is 0 Å². The minimum absolute atomic E-state index is 0.170. The summed E-state index contributed by atoms with van der Waals surface area (Å²) in [5, 5.41) is 0. The lowest BCUT2D eigenvalue weighted by Crippen LogP contribution is -2.37. The molecule has 1 heterocycles. The van der Waals surface area contributed by atoms with E-state index in [0.29, 0.717) is 18.7 Å². The van der Waals surface area contributed by atoms with E-state index in [4.69, 9.17) is 9.47 Å². The van der Waals surface area contributed by atoms with E-state index in [0.717, 1.165) is 29.8 Å². The molecule has 4 heteroatoms. The molecule has 25 heavy (non-hydrogen) atoms. The number of carbonyl (C=O) groups is 1. The molecule has 0 saturated carbocycles. The van der Waals surface area contributed by atoms with Gasteiger partial charge in [0.1, 0.15) is 0 Å². The maximum absolute atomic E-state index is 12.7. The lowest BCUT2D eigenvalue weighted by atomic mass is 9.98. The van der Waals surface area contributed by atoms with Crippen molar-refractivity contribution in [3.05, 3.63) is 58.1 Å². The minimum atomic E-state index is 0.170. The third-order valence-electron chi connectivity index (χ3n) is 5.00. The predicted octanol–water partition coefficient (Wildman–Crippen LogP) is 3.45. The molecule has 1 aliphatic rings. The van der Waals surface area contributed by atoms with Gasteiger partial charge in [0.2, 0.25) is 5.91 Å². The number of carbonyl (C=O) groups excluding carboxylic acids is 1. The fourth-order valence-corrected chi connectivity index (χ4v) is 3.30. The van der Waals surface area contributed by atoms with Gasteiger partial charge in [0, 0.05) is 13.1 Å². The van der Waals surface area contributed by atoms with E-state index >= 15 is 0 Å². The molecule has 0 fully saturated rings. The van der Waals surface area contributed by atoms with Crippen molar-refractivity contribution in [2.75, 3.05) is 20.8 Å². The second-order valence-electron chi connectivity index (χ2n) is 6.64. The van der Waals surface area contributed by atoms with Crippen LogP contribution in [0.3, 0.4) is 0 Å². The summed E-state index contributed by atoms with van der Waals surface area (Å²) in [6.45, 7) is 5.54. The molecule has 0 bridgehead atoms. The van der Waals surface area contributed by atoms with E-state index in [1.54, 1.807) is 14.2 Å². The zero-order valence-corrected chi connectivity index (χ0v) is 15.4. The molecule has 2 aromatic carbocycles. The zero-order chi connectivity index (χ0) is 18.0. The molecular weight excluding hydrogens is 314 g/mol. The monoisotopic (exact) mass is 339 g/mol. The Morgan fingerprint density at radius 2 is 1.68 bits per heavy atom. The Labute approximate surface area is 149 Å². The highest BCUT2D eigenvalue weighted by Gasteiger charge is 2.23. The second kappa shape index (κ2) is 7.18. The van der Waals surface area contributed by atoms with Gasteiger partial charge in [-0.2, -0.15) is 0 Å². The lowest BCUT2D eigenvalue weighted by molar-refractivity contribution is -0.131. The maximum Gasteiger partial charge on any atom is 0.227 e. The van der Waals surface area contributed by atoms with Gasteiger partial charge in [0.15, 0.2) is 11.5 Å². The molecule has 1 aliphatic heterocycles. The Balaban J connectivity index is 1.75. The highest BCUT2D eigenvalue weighted by Crippen LogP contribution is 2.33. The Morgan fingerprint density at radius 1 is 1.00 bits per heavy atom. The molecule has 132 valence electrons. The SMILES string of the molecule is COc1cc2c(cc1OC)CN(C(=O)Cc1ccc(C)c(C)c1)CC2. The first-order valence-corrected chi connectivity index (χ1v) is 8.59. The fraction of sp³-hybridized carbons (Fsp3) is 0.381. The third-order valence-corrected chi connectivity index (χ3v) is 5.00. The molecule has 0 aromatic heterocycles. The third kappa shape index (κ3) is 3.63. The number of hydrogen-bond donors (Lipinski definition) is 0. The number of rotatable bonds is 4. The van der Waals surface area contributed by atoms with Crippen molar-refractivity contribution in [2.24, 2.45) is 0 Å². The first-order chi connectivity index (χ1) is 12.0. The van der Waals surface area contributed by atoms with E-state index in [9.17, 15) is 4.79 Å². The zero-order valence-electron chi connectivity index (χ0n) is 15.4. The first kappa shape index (κ1) is 17.3. The van der Waals surface area contributed by atoms with Crippen molar-refractivity contribution >= 4 is 5.91 Å². The van der Waals surface area contributed by atoms with Crippen molar-refractivity contribution in [3.63, 3.8) is 0 Å². The number of amides is 1. The standard InChI is InChI=1S/C21H25NO3/c1-14-5-6-16(9-15(14)2)10-21(23)22-8-7-17-11-19(24-3)20(25-4)12-18(17)13-22/h5-6,9,11-12H,7-8,10,13H2,1-4H3. The lowest BCUT2D eigenvalue weighted by Gasteiger charge is -2.30. The van der Waals surface area contributed by atoms with Gasteiger partial charge in [-0.25, -0.2) is 0 Å². The van der Waals surface area contributed by atoms with E-state index in [-0.39, 0.29) is 5.91 Å².